The van der Waals surface area contributed by atoms with E-state index in [-0.39, 0.29) is 0 Å². The molecule has 98 valence electrons. The molecule has 0 radical (unpaired) electrons. The molecule has 0 nitrogen and oxygen atoms in total. The monoisotopic (exact) mass is 268 g/mol. The van der Waals surface area contributed by atoms with Crippen molar-refractivity contribution in [1.82, 2.24) is 0 Å². The molecule has 1 aliphatic rings. The fourth-order valence-electron chi connectivity index (χ4n) is 2.65. The lowest BCUT2D eigenvalue weighted by molar-refractivity contribution is 0.802. The van der Waals surface area contributed by atoms with E-state index in [2.05, 4.69) is 63.2 Å². The minimum absolute atomic E-state index is 0.328. The molecule has 2 aromatic rings. The maximum absolute atomic E-state index is 2.30. The molecule has 0 N–H and O–H groups in total. The van der Waals surface area contributed by atoms with Crippen molar-refractivity contribution < 1.29 is 0 Å². The zero-order valence-corrected chi connectivity index (χ0v) is 12.7. The summed E-state index contributed by atoms with van der Waals surface area (Å²) in [5.74, 6) is 1.11. The minimum atomic E-state index is 0.328. The quantitative estimate of drug-likeness (QED) is 0.608. The highest BCUT2D eigenvalue weighted by Gasteiger charge is 2.21. The first-order valence-electron chi connectivity index (χ1n) is 6.87. The molecule has 0 spiro atoms. The summed E-state index contributed by atoms with van der Waals surface area (Å²) < 4.78 is 0.328. The third kappa shape index (κ3) is 2.57. The molecular weight excluding hydrogens is 248 g/mol. The van der Waals surface area contributed by atoms with Gasteiger partial charge in [0.1, 0.15) is 0 Å². The Morgan fingerprint density at radius 1 is 0.947 bits per heavy atom. The van der Waals surface area contributed by atoms with Crippen LogP contribution in [0.5, 0.6) is 0 Å². The van der Waals surface area contributed by atoms with Crippen LogP contribution in [0.15, 0.2) is 42.5 Å². The lowest BCUT2D eigenvalue weighted by Crippen LogP contribution is -2.08. The van der Waals surface area contributed by atoms with E-state index in [9.17, 15) is 0 Å². The van der Waals surface area contributed by atoms with Gasteiger partial charge < -0.3 is 0 Å². The number of hydrogen-bond acceptors (Lipinski definition) is 1. The van der Waals surface area contributed by atoms with Gasteiger partial charge in [-0.15, -0.1) is 0 Å². The smallest absolute Gasteiger partial charge is 0.0192 e. The van der Waals surface area contributed by atoms with Crippen LogP contribution in [0.3, 0.4) is 0 Å². The van der Waals surface area contributed by atoms with Crippen LogP contribution in [0.25, 0.3) is 11.1 Å². The van der Waals surface area contributed by atoms with Crippen molar-refractivity contribution >= 4 is 11.8 Å². The Bertz CT molecular complexity index is 605. The Balaban J connectivity index is 1.95. The van der Waals surface area contributed by atoms with E-state index in [0.717, 1.165) is 12.2 Å². The van der Waals surface area contributed by atoms with Crippen molar-refractivity contribution in [3.8, 4) is 11.1 Å². The van der Waals surface area contributed by atoms with Gasteiger partial charge in [-0.3, -0.25) is 0 Å². The summed E-state index contributed by atoms with van der Waals surface area (Å²) in [6.07, 6.45) is 1.10. The van der Waals surface area contributed by atoms with Crippen molar-refractivity contribution in [2.45, 2.75) is 37.7 Å². The van der Waals surface area contributed by atoms with Gasteiger partial charge in [-0.25, -0.2) is 0 Å². The number of fused-ring (bicyclic) bond motifs is 3. The number of rotatable bonds is 2. The Kier molecular flexibility index (Phi) is 3.18. The molecule has 19 heavy (non-hydrogen) atoms. The number of thioether (sulfide) groups is 1. The molecule has 0 amide bonds. The molecule has 3 rings (SSSR count). The van der Waals surface area contributed by atoms with Crippen molar-refractivity contribution in [3.63, 3.8) is 0 Å². The van der Waals surface area contributed by atoms with Crippen LogP contribution in [-0.4, -0.2) is 4.75 Å². The first kappa shape index (κ1) is 12.8. The van der Waals surface area contributed by atoms with E-state index in [1.807, 2.05) is 11.8 Å². The van der Waals surface area contributed by atoms with Crippen molar-refractivity contribution in [1.29, 1.82) is 0 Å². The van der Waals surface area contributed by atoms with Crippen LogP contribution in [0.1, 0.15) is 37.5 Å². The van der Waals surface area contributed by atoms with Crippen molar-refractivity contribution in [3.05, 3.63) is 59.2 Å². The summed E-state index contributed by atoms with van der Waals surface area (Å²) in [5.41, 5.74) is 7.41. The van der Waals surface area contributed by atoms with E-state index >= 15 is 0 Å². The summed E-state index contributed by atoms with van der Waals surface area (Å²) in [6.45, 7) is 6.86. The number of hydrogen-bond donors (Lipinski definition) is 0. The van der Waals surface area contributed by atoms with E-state index in [1.165, 1.54) is 22.3 Å². The highest BCUT2D eigenvalue weighted by atomic mass is 32.2. The van der Waals surface area contributed by atoms with Gasteiger partial charge in [0.25, 0.3) is 0 Å². The van der Waals surface area contributed by atoms with E-state index < -0.39 is 0 Å². The zero-order chi connectivity index (χ0) is 13.5. The van der Waals surface area contributed by atoms with Gasteiger partial charge in [0.05, 0.1) is 0 Å². The Hall–Kier alpha value is -1.21. The largest absolute Gasteiger partial charge is 0.151 e. The molecule has 0 fully saturated rings. The van der Waals surface area contributed by atoms with Gasteiger partial charge in [-0.2, -0.15) is 11.8 Å². The van der Waals surface area contributed by atoms with Crippen molar-refractivity contribution in [2.24, 2.45) is 0 Å². The first-order chi connectivity index (χ1) is 9.04. The van der Waals surface area contributed by atoms with Crippen LogP contribution in [0.4, 0.5) is 0 Å². The summed E-state index contributed by atoms with van der Waals surface area (Å²) in [6, 6.07) is 15.6. The molecule has 0 atom stereocenters. The fourth-order valence-corrected chi connectivity index (χ4v) is 3.51. The topological polar surface area (TPSA) is 0 Å². The third-order valence-corrected chi connectivity index (χ3v) is 4.93. The summed E-state index contributed by atoms with van der Waals surface area (Å²) in [7, 11) is 0. The SMILES string of the molecule is CC(C)(C)SCc1cccc2c1Cc1ccccc1-2. The second kappa shape index (κ2) is 4.72. The maximum Gasteiger partial charge on any atom is 0.0192 e. The molecule has 0 unspecified atom stereocenters. The lowest BCUT2D eigenvalue weighted by atomic mass is 10.0. The molecule has 0 heterocycles. The second-order valence-electron chi connectivity index (χ2n) is 6.18. The van der Waals surface area contributed by atoms with Gasteiger partial charge in [-0.1, -0.05) is 63.2 Å². The Morgan fingerprint density at radius 2 is 1.68 bits per heavy atom. The Morgan fingerprint density at radius 3 is 2.47 bits per heavy atom. The summed E-state index contributed by atoms with van der Waals surface area (Å²) in [5, 5.41) is 0. The van der Waals surface area contributed by atoms with Crippen LogP contribution in [-0.2, 0) is 12.2 Å². The van der Waals surface area contributed by atoms with Gasteiger partial charge in [0.2, 0.25) is 0 Å². The normalized spacial score (nSPS) is 13.2. The Labute approximate surface area is 120 Å². The molecule has 0 aliphatic heterocycles. The lowest BCUT2D eigenvalue weighted by Gasteiger charge is -2.18. The minimum Gasteiger partial charge on any atom is -0.151 e. The van der Waals surface area contributed by atoms with E-state index in [1.54, 1.807) is 5.56 Å². The second-order valence-corrected chi connectivity index (χ2v) is 7.98. The standard InChI is InChI=1S/C18H20S/c1-18(2,3)19-12-14-8-6-10-16-15-9-5-4-7-13(15)11-17(14)16/h4-10H,11-12H2,1-3H3. The zero-order valence-electron chi connectivity index (χ0n) is 11.9. The van der Waals surface area contributed by atoms with Gasteiger partial charge in [0.15, 0.2) is 0 Å². The van der Waals surface area contributed by atoms with Crippen LogP contribution in [0, 0.1) is 0 Å². The average molecular weight is 268 g/mol. The van der Waals surface area contributed by atoms with Gasteiger partial charge in [0, 0.05) is 10.5 Å². The average Bonchev–Trinajstić information content (AvgIpc) is 2.74. The maximum atomic E-state index is 2.30. The molecule has 1 heteroatoms. The molecule has 0 bridgehead atoms. The predicted octanol–water partition coefficient (Wildman–Crippen LogP) is 5.29. The molecule has 0 saturated heterocycles. The predicted molar refractivity (Wildman–Crippen MR) is 85.7 cm³/mol. The highest BCUT2D eigenvalue weighted by molar-refractivity contribution is 7.99. The molecule has 0 aromatic heterocycles. The van der Waals surface area contributed by atoms with E-state index in [0.29, 0.717) is 4.75 Å². The van der Waals surface area contributed by atoms with Gasteiger partial charge >= 0.3 is 0 Å². The third-order valence-electron chi connectivity index (χ3n) is 3.61. The van der Waals surface area contributed by atoms with E-state index in [4.69, 9.17) is 0 Å². The summed E-state index contributed by atoms with van der Waals surface area (Å²) in [4.78, 5) is 0. The van der Waals surface area contributed by atoms with Crippen molar-refractivity contribution in [2.75, 3.05) is 0 Å². The highest BCUT2D eigenvalue weighted by Crippen LogP contribution is 2.40. The first-order valence-corrected chi connectivity index (χ1v) is 7.86. The van der Waals surface area contributed by atoms with Gasteiger partial charge in [-0.05, 0) is 34.2 Å². The molecule has 0 saturated carbocycles. The van der Waals surface area contributed by atoms with Crippen LogP contribution >= 0.6 is 11.8 Å². The molecule has 1 aliphatic carbocycles. The van der Waals surface area contributed by atoms with Crippen LogP contribution in [0.2, 0.25) is 0 Å². The number of benzene rings is 2. The molecule has 2 aromatic carbocycles. The van der Waals surface area contributed by atoms with Crippen LogP contribution < -0.4 is 0 Å². The fraction of sp³-hybridized carbons (Fsp3) is 0.333. The molecular formula is C18H20S. The summed E-state index contributed by atoms with van der Waals surface area (Å²) >= 11 is 2.03.